The highest BCUT2D eigenvalue weighted by molar-refractivity contribution is 5.97. The minimum atomic E-state index is -1.02. The van der Waals surface area contributed by atoms with E-state index in [0.29, 0.717) is 5.56 Å². The van der Waals surface area contributed by atoms with E-state index in [2.05, 4.69) is 12.0 Å². The number of carbonyl (C=O) groups is 2. The van der Waals surface area contributed by atoms with Crippen molar-refractivity contribution in [3.63, 3.8) is 0 Å². The predicted octanol–water partition coefficient (Wildman–Crippen LogP) is 1.54. The number of likely N-dealkylation sites (N-methyl/N-ethyl adjacent to an activating group) is 1. The molecule has 6 nitrogen and oxygen atoms in total. The van der Waals surface area contributed by atoms with Crippen LogP contribution in [0.5, 0.6) is 0 Å². The quantitative estimate of drug-likeness (QED) is 0.848. The van der Waals surface area contributed by atoms with Crippen LogP contribution in [0.15, 0.2) is 6.20 Å². The number of aromatic nitrogens is 2. The molecule has 6 heteroatoms. The largest absolute Gasteiger partial charge is 0.480 e. The molecule has 19 heavy (non-hydrogen) atoms. The number of carboxylic acid groups (broad SMARTS) is 1. The number of rotatable bonds is 6. The molecule has 0 fully saturated rings. The van der Waals surface area contributed by atoms with Crippen LogP contribution in [0.1, 0.15) is 42.7 Å². The molecule has 1 aromatic rings. The van der Waals surface area contributed by atoms with Gasteiger partial charge in [-0.2, -0.15) is 5.10 Å². The molecule has 0 aliphatic carbocycles. The van der Waals surface area contributed by atoms with Crippen LogP contribution in [-0.2, 0) is 11.3 Å². The Morgan fingerprint density at radius 3 is 2.68 bits per heavy atom. The second-order valence-electron chi connectivity index (χ2n) is 4.65. The molecule has 0 radical (unpaired) electrons. The van der Waals surface area contributed by atoms with Crippen molar-refractivity contribution in [2.45, 2.75) is 46.2 Å². The van der Waals surface area contributed by atoms with Crippen molar-refractivity contribution < 1.29 is 14.7 Å². The summed E-state index contributed by atoms with van der Waals surface area (Å²) >= 11 is 0. The average molecular weight is 267 g/mol. The SMILES string of the molecule is CCCCn1ncc(C(=O)N(C)C(C)C(=O)O)c1C. The van der Waals surface area contributed by atoms with Gasteiger partial charge in [0.1, 0.15) is 6.04 Å². The second-order valence-corrected chi connectivity index (χ2v) is 4.65. The number of nitrogens with zero attached hydrogens (tertiary/aromatic N) is 3. The average Bonchev–Trinajstić information content (AvgIpc) is 2.74. The Labute approximate surface area is 113 Å². The van der Waals surface area contributed by atoms with Gasteiger partial charge < -0.3 is 10.0 Å². The third-order valence-corrected chi connectivity index (χ3v) is 3.32. The van der Waals surface area contributed by atoms with Crippen LogP contribution in [0.25, 0.3) is 0 Å². The maximum atomic E-state index is 12.2. The summed E-state index contributed by atoms with van der Waals surface area (Å²) in [6.45, 7) is 6.17. The van der Waals surface area contributed by atoms with Crippen LogP contribution in [0.3, 0.4) is 0 Å². The third kappa shape index (κ3) is 3.33. The van der Waals surface area contributed by atoms with Crippen molar-refractivity contribution in [1.82, 2.24) is 14.7 Å². The van der Waals surface area contributed by atoms with Gasteiger partial charge >= 0.3 is 5.97 Å². The van der Waals surface area contributed by atoms with E-state index in [9.17, 15) is 9.59 Å². The van der Waals surface area contributed by atoms with E-state index in [1.54, 1.807) is 4.68 Å². The molecule has 1 unspecified atom stereocenters. The maximum absolute atomic E-state index is 12.2. The molecule has 0 saturated carbocycles. The molecule has 1 rings (SSSR count). The number of carbonyl (C=O) groups excluding carboxylic acids is 1. The van der Waals surface area contributed by atoms with Crippen LogP contribution in [0, 0.1) is 6.92 Å². The van der Waals surface area contributed by atoms with Gasteiger partial charge in [0.15, 0.2) is 0 Å². The van der Waals surface area contributed by atoms with Gasteiger partial charge in [-0.05, 0) is 20.3 Å². The molecule has 106 valence electrons. The van der Waals surface area contributed by atoms with E-state index in [1.165, 1.54) is 25.1 Å². The minimum Gasteiger partial charge on any atom is -0.480 e. The predicted molar refractivity (Wildman–Crippen MR) is 71.1 cm³/mol. The molecule has 1 aromatic heterocycles. The zero-order valence-electron chi connectivity index (χ0n) is 11.9. The van der Waals surface area contributed by atoms with Crippen molar-refractivity contribution in [2.75, 3.05) is 7.05 Å². The first kappa shape index (κ1) is 15.2. The molecular weight excluding hydrogens is 246 g/mol. The van der Waals surface area contributed by atoms with Gasteiger partial charge in [0.2, 0.25) is 0 Å². The zero-order valence-corrected chi connectivity index (χ0v) is 11.9. The monoisotopic (exact) mass is 267 g/mol. The van der Waals surface area contributed by atoms with Crippen LogP contribution in [-0.4, -0.2) is 44.8 Å². The summed E-state index contributed by atoms with van der Waals surface area (Å²) in [5.41, 5.74) is 1.24. The normalized spacial score (nSPS) is 12.2. The number of amides is 1. The highest BCUT2D eigenvalue weighted by Crippen LogP contribution is 2.12. The fourth-order valence-electron chi connectivity index (χ4n) is 1.72. The van der Waals surface area contributed by atoms with Crippen molar-refractivity contribution in [1.29, 1.82) is 0 Å². The van der Waals surface area contributed by atoms with Gasteiger partial charge in [-0.15, -0.1) is 0 Å². The third-order valence-electron chi connectivity index (χ3n) is 3.32. The lowest BCUT2D eigenvalue weighted by Crippen LogP contribution is -2.40. The van der Waals surface area contributed by atoms with Gasteiger partial charge in [-0.25, -0.2) is 4.79 Å². The highest BCUT2D eigenvalue weighted by Gasteiger charge is 2.25. The van der Waals surface area contributed by atoms with E-state index >= 15 is 0 Å². The number of aliphatic carboxylic acids is 1. The lowest BCUT2D eigenvalue weighted by Gasteiger charge is -2.21. The number of carboxylic acids is 1. The van der Waals surface area contributed by atoms with Crippen LogP contribution < -0.4 is 0 Å². The summed E-state index contributed by atoms with van der Waals surface area (Å²) < 4.78 is 1.79. The molecule has 0 bridgehead atoms. The minimum absolute atomic E-state index is 0.310. The number of aryl methyl sites for hydroxylation is 1. The summed E-state index contributed by atoms with van der Waals surface area (Å²) in [6, 6.07) is -0.856. The smallest absolute Gasteiger partial charge is 0.326 e. The number of hydrogen-bond acceptors (Lipinski definition) is 3. The lowest BCUT2D eigenvalue weighted by atomic mass is 10.2. The van der Waals surface area contributed by atoms with Gasteiger partial charge in [-0.1, -0.05) is 13.3 Å². The van der Waals surface area contributed by atoms with Crippen LogP contribution in [0.4, 0.5) is 0 Å². The number of hydrogen-bond donors (Lipinski definition) is 1. The lowest BCUT2D eigenvalue weighted by molar-refractivity contribution is -0.141. The Morgan fingerprint density at radius 2 is 2.16 bits per heavy atom. The van der Waals surface area contributed by atoms with Gasteiger partial charge in [0.25, 0.3) is 5.91 Å². The fourth-order valence-corrected chi connectivity index (χ4v) is 1.72. The zero-order chi connectivity index (χ0) is 14.6. The van der Waals surface area contributed by atoms with E-state index < -0.39 is 12.0 Å². The second kappa shape index (κ2) is 6.36. The Kier molecular flexibility index (Phi) is 5.09. The van der Waals surface area contributed by atoms with Gasteiger partial charge in [-0.3, -0.25) is 9.48 Å². The molecule has 1 heterocycles. The Morgan fingerprint density at radius 1 is 1.53 bits per heavy atom. The molecule has 0 saturated heterocycles. The van der Waals surface area contributed by atoms with E-state index in [0.717, 1.165) is 25.1 Å². The first-order chi connectivity index (χ1) is 8.90. The molecule has 1 N–H and O–H groups in total. The molecule has 0 aliphatic heterocycles. The molecular formula is C13H21N3O3. The summed E-state index contributed by atoms with van der Waals surface area (Å²) in [4.78, 5) is 24.3. The van der Waals surface area contributed by atoms with Crippen LogP contribution >= 0.6 is 0 Å². The van der Waals surface area contributed by atoms with E-state index in [-0.39, 0.29) is 5.91 Å². The van der Waals surface area contributed by atoms with Crippen LogP contribution in [0.2, 0.25) is 0 Å². The molecule has 1 amide bonds. The first-order valence-electron chi connectivity index (χ1n) is 6.42. The molecule has 1 atom stereocenters. The van der Waals surface area contributed by atoms with Gasteiger partial charge in [0, 0.05) is 19.3 Å². The standard InChI is InChI=1S/C13H21N3O3/c1-5-6-7-16-9(2)11(8-14-16)12(17)15(4)10(3)13(18)19/h8,10H,5-7H2,1-4H3,(H,18,19). The molecule has 0 spiro atoms. The van der Waals surface area contributed by atoms with Crippen molar-refractivity contribution >= 4 is 11.9 Å². The Balaban J connectivity index is 2.88. The highest BCUT2D eigenvalue weighted by atomic mass is 16.4. The van der Waals surface area contributed by atoms with Crippen molar-refractivity contribution in [3.05, 3.63) is 17.5 Å². The Hall–Kier alpha value is -1.85. The fraction of sp³-hybridized carbons (Fsp3) is 0.615. The van der Waals surface area contributed by atoms with Gasteiger partial charge in [0.05, 0.1) is 11.8 Å². The topological polar surface area (TPSA) is 75.4 Å². The first-order valence-corrected chi connectivity index (χ1v) is 6.42. The molecule has 0 aromatic carbocycles. The summed E-state index contributed by atoms with van der Waals surface area (Å²) in [5, 5.41) is 13.1. The maximum Gasteiger partial charge on any atom is 0.326 e. The molecule has 0 aliphatic rings. The Bertz CT molecular complexity index is 468. The number of unbranched alkanes of at least 4 members (excludes halogenated alkanes) is 1. The van der Waals surface area contributed by atoms with Crippen molar-refractivity contribution in [3.8, 4) is 0 Å². The summed E-state index contributed by atoms with van der Waals surface area (Å²) in [5.74, 6) is -1.33. The van der Waals surface area contributed by atoms with E-state index in [1.807, 2.05) is 6.92 Å². The van der Waals surface area contributed by atoms with Crippen molar-refractivity contribution in [2.24, 2.45) is 0 Å². The van der Waals surface area contributed by atoms with E-state index in [4.69, 9.17) is 5.11 Å². The summed E-state index contributed by atoms with van der Waals surface area (Å²) in [7, 11) is 1.49. The summed E-state index contributed by atoms with van der Waals surface area (Å²) in [6.07, 6.45) is 3.56.